The van der Waals surface area contributed by atoms with E-state index in [1.54, 1.807) is 12.5 Å². The minimum atomic E-state index is -0.0967. The number of aromatic nitrogens is 2. The molecule has 5 heteroatoms. The van der Waals surface area contributed by atoms with E-state index in [1.807, 2.05) is 42.8 Å². The van der Waals surface area contributed by atoms with Crippen molar-refractivity contribution in [3.63, 3.8) is 0 Å². The van der Waals surface area contributed by atoms with E-state index in [4.69, 9.17) is 4.74 Å². The minimum Gasteiger partial charge on any atom is -0.484 e. The predicted octanol–water partition coefficient (Wildman–Crippen LogP) is 2.09. The van der Waals surface area contributed by atoms with Gasteiger partial charge in [0, 0.05) is 25.5 Å². The fourth-order valence-corrected chi connectivity index (χ4v) is 2.06. The highest BCUT2D eigenvalue weighted by Gasteiger charge is 2.04. The van der Waals surface area contributed by atoms with Gasteiger partial charge < -0.3 is 14.6 Å². The van der Waals surface area contributed by atoms with E-state index in [-0.39, 0.29) is 12.5 Å². The Bertz CT molecular complexity index is 579. The number of nitrogens with zero attached hydrogens (tertiary/aromatic N) is 2. The molecule has 2 aromatic rings. The Balaban J connectivity index is 1.65. The number of benzene rings is 1. The maximum absolute atomic E-state index is 11.7. The van der Waals surface area contributed by atoms with Gasteiger partial charge in [0.25, 0.3) is 5.91 Å². The first-order valence-electron chi connectivity index (χ1n) is 7.07. The Morgan fingerprint density at radius 1 is 1.38 bits per heavy atom. The first-order valence-corrected chi connectivity index (χ1v) is 7.07. The van der Waals surface area contributed by atoms with Gasteiger partial charge >= 0.3 is 0 Å². The van der Waals surface area contributed by atoms with Crippen LogP contribution in [-0.2, 0) is 11.3 Å². The van der Waals surface area contributed by atoms with Crippen molar-refractivity contribution in [2.75, 3.05) is 13.2 Å². The first kappa shape index (κ1) is 15.1. The number of amides is 1. The van der Waals surface area contributed by atoms with Crippen molar-refractivity contribution in [3.05, 3.63) is 48.0 Å². The van der Waals surface area contributed by atoms with E-state index in [9.17, 15) is 4.79 Å². The average molecular weight is 287 g/mol. The number of hydrogen-bond acceptors (Lipinski definition) is 3. The molecule has 112 valence electrons. The van der Waals surface area contributed by atoms with Gasteiger partial charge in [-0.2, -0.15) is 0 Å². The molecule has 0 fully saturated rings. The topological polar surface area (TPSA) is 56.1 Å². The molecule has 0 radical (unpaired) electrons. The molecule has 5 nitrogen and oxygen atoms in total. The van der Waals surface area contributed by atoms with Crippen molar-refractivity contribution >= 4 is 5.91 Å². The highest BCUT2D eigenvalue weighted by atomic mass is 16.5. The zero-order valence-electron chi connectivity index (χ0n) is 12.5. The fraction of sp³-hybridized carbons (Fsp3) is 0.375. The second-order valence-electron chi connectivity index (χ2n) is 5.06. The molecule has 0 aliphatic rings. The van der Waals surface area contributed by atoms with Crippen molar-refractivity contribution in [2.45, 2.75) is 26.8 Å². The number of aryl methyl sites for hydroxylation is 3. The van der Waals surface area contributed by atoms with Crippen molar-refractivity contribution in [1.29, 1.82) is 0 Å². The molecule has 1 aromatic carbocycles. The van der Waals surface area contributed by atoms with Crippen LogP contribution in [0.3, 0.4) is 0 Å². The van der Waals surface area contributed by atoms with Gasteiger partial charge in [0.15, 0.2) is 6.61 Å². The van der Waals surface area contributed by atoms with Crippen LogP contribution >= 0.6 is 0 Å². The Hall–Kier alpha value is -2.30. The van der Waals surface area contributed by atoms with Gasteiger partial charge in [0.1, 0.15) is 5.75 Å². The predicted molar refractivity (Wildman–Crippen MR) is 81.3 cm³/mol. The summed E-state index contributed by atoms with van der Waals surface area (Å²) in [4.78, 5) is 15.7. The molecule has 0 saturated heterocycles. The van der Waals surface area contributed by atoms with Crippen molar-refractivity contribution in [2.24, 2.45) is 0 Å². The van der Waals surface area contributed by atoms with Crippen LogP contribution in [0.4, 0.5) is 0 Å². The molecule has 0 spiro atoms. The molecule has 1 aromatic heterocycles. The van der Waals surface area contributed by atoms with Gasteiger partial charge in [-0.15, -0.1) is 0 Å². The molecular weight excluding hydrogens is 266 g/mol. The van der Waals surface area contributed by atoms with Crippen LogP contribution in [0.1, 0.15) is 17.5 Å². The Kier molecular flexibility index (Phi) is 5.37. The Morgan fingerprint density at radius 3 is 2.95 bits per heavy atom. The van der Waals surface area contributed by atoms with Crippen LogP contribution in [0.25, 0.3) is 0 Å². The van der Waals surface area contributed by atoms with E-state index in [0.717, 1.165) is 24.3 Å². The van der Waals surface area contributed by atoms with Gasteiger partial charge in [-0.05, 0) is 31.9 Å². The Labute approximate surface area is 125 Å². The molecule has 0 saturated carbocycles. The molecule has 0 aliphatic heterocycles. The minimum absolute atomic E-state index is 0.0506. The van der Waals surface area contributed by atoms with Gasteiger partial charge in [0.05, 0.1) is 6.33 Å². The molecule has 2 rings (SSSR count). The zero-order chi connectivity index (χ0) is 15.1. The molecule has 1 amide bonds. The van der Waals surface area contributed by atoms with Crippen molar-refractivity contribution < 1.29 is 9.53 Å². The number of ether oxygens (including phenoxy) is 1. The lowest BCUT2D eigenvalue weighted by Crippen LogP contribution is -2.30. The molecule has 21 heavy (non-hydrogen) atoms. The van der Waals surface area contributed by atoms with Crippen molar-refractivity contribution in [3.8, 4) is 5.75 Å². The number of rotatable bonds is 7. The lowest BCUT2D eigenvalue weighted by molar-refractivity contribution is -0.123. The SMILES string of the molecule is Cc1ccc(OCC(=O)NCCCn2ccnc2)c(C)c1. The molecule has 0 atom stereocenters. The summed E-state index contributed by atoms with van der Waals surface area (Å²) in [7, 11) is 0. The van der Waals surface area contributed by atoms with Crippen LogP contribution in [0.2, 0.25) is 0 Å². The summed E-state index contributed by atoms with van der Waals surface area (Å²) in [5.74, 6) is 0.662. The molecule has 0 bridgehead atoms. The Morgan fingerprint density at radius 2 is 2.24 bits per heavy atom. The third-order valence-corrected chi connectivity index (χ3v) is 3.16. The summed E-state index contributed by atoms with van der Waals surface area (Å²) in [5, 5.41) is 2.85. The van der Waals surface area contributed by atoms with Gasteiger partial charge in [0.2, 0.25) is 0 Å². The highest BCUT2D eigenvalue weighted by molar-refractivity contribution is 5.77. The standard InChI is InChI=1S/C16H21N3O2/c1-13-4-5-15(14(2)10-13)21-11-16(20)18-6-3-8-19-9-7-17-12-19/h4-5,7,9-10,12H,3,6,8,11H2,1-2H3,(H,18,20). The number of nitrogens with one attached hydrogen (secondary N) is 1. The summed E-state index contributed by atoms with van der Waals surface area (Å²) in [5.41, 5.74) is 2.23. The number of hydrogen-bond donors (Lipinski definition) is 1. The summed E-state index contributed by atoms with van der Waals surface area (Å²) in [6, 6.07) is 5.92. The smallest absolute Gasteiger partial charge is 0.257 e. The van der Waals surface area contributed by atoms with Crippen LogP contribution in [-0.4, -0.2) is 28.6 Å². The molecule has 1 N–H and O–H groups in total. The maximum Gasteiger partial charge on any atom is 0.257 e. The van der Waals surface area contributed by atoms with E-state index in [2.05, 4.69) is 10.3 Å². The fourth-order valence-electron chi connectivity index (χ4n) is 2.06. The number of carbonyl (C=O) groups is 1. The molecule has 0 unspecified atom stereocenters. The second kappa shape index (κ2) is 7.47. The first-order chi connectivity index (χ1) is 10.1. The largest absolute Gasteiger partial charge is 0.484 e. The van der Waals surface area contributed by atoms with Crippen LogP contribution in [0.5, 0.6) is 5.75 Å². The van der Waals surface area contributed by atoms with E-state index >= 15 is 0 Å². The van der Waals surface area contributed by atoms with Gasteiger partial charge in [-0.1, -0.05) is 17.7 Å². The third kappa shape index (κ3) is 4.95. The van der Waals surface area contributed by atoms with E-state index in [0.29, 0.717) is 6.54 Å². The maximum atomic E-state index is 11.7. The lowest BCUT2D eigenvalue weighted by atomic mass is 10.1. The van der Waals surface area contributed by atoms with Crippen LogP contribution < -0.4 is 10.1 Å². The summed E-state index contributed by atoms with van der Waals surface area (Å²) < 4.78 is 7.51. The monoisotopic (exact) mass is 287 g/mol. The van der Waals surface area contributed by atoms with Crippen molar-refractivity contribution in [1.82, 2.24) is 14.9 Å². The molecule has 1 heterocycles. The molecule has 0 aliphatic carbocycles. The number of imidazole rings is 1. The van der Waals surface area contributed by atoms with E-state index < -0.39 is 0 Å². The normalized spacial score (nSPS) is 10.4. The highest BCUT2D eigenvalue weighted by Crippen LogP contribution is 2.18. The van der Waals surface area contributed by atoms with Crippen LogP contribution in [0, 0.1) is 13.8 Å². The third-order valence-electron chi connectivity index (χ3n) is 3.16. The summed E-state index contributed by atoms with van der Waals surface area (Å²) >= 11 is 0. The van der Waals surface area contributed by atoms with E-state index in [1.165, 1.54) is 5.56 Å². The summed E-state index contributed by atoms with van der Waals surface area (Å²) in [6.45, 7) is 5.54. The lowest BCUT2D eigenvalue weighted by Gasteiger charge is -2.10. The van der Waals surface area contributed by atoms with Gasteiger partial charge in [-0.25, -0.2) is 4.98 Å². The zero-order valence-corrected chi connectivity index (χ0v) is 12.5. The number of carbonyl (C=O) groups excluding carboxylic acids is 1. The molecular formula is C16H21N3O2. The summed E-state index contributed by atoms with van der Waals surface area (Å²) in [6.07, 6.45) is 6.29. The van der Waals surface area contributed by atoms with Crippen LogP contribution in [0.15, 0.2) is 36.9 Å². The quantitative estimate of drug-likeness (QED) is 0.793. The average Bonchev–Trinajstić information content (AvgIpc) is 2.96. The second-order valence-corrected chi connectivity index (χ2v) is 5.06. The van der Waals surface area contributed by atoms with Gasteiger partial charge in [-0.3, -0.25) is 4.79 Å².